The van der Waals surface area contributed by atoms with Gasteiger partial charge in [0.05, 0.1) is 12.3 Å². The highest BCUT2D eigenvalue weighted by Crippen LogP contribution is 2.23. The van der Waals surface area contributed by atoms with Crippen LogP contribution in [0.15, 0.2) is 0 Å². The van der Waals surface area contributed by atoms with E-state index in [0.717, 1.165) is 39.1 Å². The Morgan fingerprint density at radius 2 is 1.76 bits per heavy atom. The summed E-state index contributed by atoms with van der Waals surface area (Å²) in [4.78, 5) is 27.8. The maximum Gasteiger partial charge on any atom is 0.234 e. The fourth-order valence-electron chi connectivity index (χ4n) is 2.05. The number of carbonyl (C=O) groups excluding carboxylic acids is 2. The Labute approximate surface area is 132 Å². The molecule has 0 saturated carbocycles. The molecular weight excluding hydrogens is 286 g/mol. The molecule has 1 rings (SSSR count). The molecule has 0 atom stereocenters. The summed E-state index contributed by atoms with van der Waals surface area (Å²) in [6.45, 7) is 12.6. The number of rotatable bonds is 6. The van der Waals surface area contributed by atoms with Gasteiger partial charge >= 0.3 is 0 Å². The van der Waals surface area contributed by atoms with Crippen LogP contribution in [0.5, 0.6) is 0 Å². The molecule has 1 aliphatic rings. The summed E-state index contributed by atoms with van der Waals surface area (Å²) < 4.78 is 0.120. The van der Waals surface area contributed by atoms with Crippen molar-refractivity contribution in [2.75, 3.05) is 45.0 Å². The lowest BCUT2D eigenvalue weighted by atomic mass is 10.3. The van der Waals surface area contributed by atoms with Crippen molar-refractivity contribution in [2.24, 2.45) is 0 Å². The van der Waals surface area contributed by atoms with Crippen LogP contribution in [0.1, 0.15) is 34.1 Å². The molecule has 6 heteroatoms. The van der Waals surface area contributed by atoms with Gasteiger partial charge in [0.15, 0.2) is 0 Å². The summed E-state index contributed by atoms with van der Waals surface area (Å²) in [5.74, 6) is 0.838. The van der Waals surface area contributed by atoms with Crippen molar-refractivity contribution in [3.05, 3.63) is 0 Å². The zero-order chi connectivity index (χ0) is 15.9. The van der Waals surface area contributed by atoms with E-state index >= 15 is 0 Å². The van der Waals surface area contributed by atoms with E-state index in [9.17, 15) is 9.59 Å². The van der Waals surface area contributed by atoms with Gasteiger partial charge in [-0.05, 0) is 6.42 Å². The van der Waals surface area contributed by atoms with Crippen molar-refractivity contribution >= 4 is 23.6 Å². The molecule has 2 amide bonds. The summed E-state index contributed by atoms with van der Waals surface area (Å²) in [5, 5.41) is 2.89. The number of hydrogen-bond donors (Lipinski definition) is 1. The molecular formula is C15H29N3O2S. The molecule has 1 N–H and O–H groups in total. The molecule has 1 aliphatic heterocycles. The molecule has 5 nitrogen and oxygen atoms in total. The molecule has 1 fully saturated rings. The maximum absolute atomic E-state index is 12.1. The van der Waals surface area contributed by atoms with Crippen molar-refractivity contribution in [3.63, 3.8) is 0 Å². The molecule has 0 aromatic rings. The quantitative estimate of drug-likeness (QED) is 0.800. The Morgan fingerprint density at radius 3 is 2.29 bits per heavy atom. The first-order valence-electron chi connectivity index (χ1n) is 7.72. The van der Waals surface area contributed by atoms with E-state index in [1.807, 2.05) is 11.8 Å². The Morgan fingerprint density at radius 1 is 1.14 bits per heavy atom. The zero-order valence-electron chi connectivity index (χ0n) is 13.8. The minimum Gasteiger partial charge on any atom is -0.355 e. The Hall–Kier alpha value is -0.750. The van der Waals surface area contributed by atoms with Crippen LogP contribution in [0, 0.1) is 0 Å². The van der Waals surface area contributed by atoms with Crippen LogP contribution in [0.2, 0.25) is 0 Å². The number of nitrogens with zero attached hydrogens (tertiary/aromatic N) is 2. The van der Waals surface area contributed by atoms with Gasteiger partial charge in [-0.15, -0.1) is 11.8 Å². The molecule has 0 bridgehead atoms. The van der Waals surface area contributed by atoms with Gasteiger partial charge in [-0.3, -0.25) is 14.5 Å². The number of thioether (sulfide) groups is 1. The monoisotopic (exact) mass is 315 g/mol. The average molecular weight is 315 g/mol. The summed E-state index contributed by atoms with van der Waals surface area (Å²) in [7, 11) is 0. The average Bonchev–Trinajstić information content (AvgIpc) is 2.42. The molecule has 0 aliphatic carbocycles. The number of hydrogen-bond acceptors (Lipinski definition) is 4. The second kappa shape index (κ2) is 8.63. The Kier molecular flexibility index (Phi) is 7.52. The second-order valence-corrected chi connectivity index (χ2v) is 8.21. The third-order valence-corrected chi connectivity index (χ3v) is 4.55. The highest BCUT2D eigenvalue weighted by Gasteiger charge is 2.23. The lowest BCUT2D eigenvalue weighted by Crippen LogP contribution is -2.51. The fourth-order valence-corrected chi connectivity index (χ4v) is 2.79. The fraction of sp³-hybridized carbons (Fsp3) is 0.867. The van der Waals surface area contributed by atoms with Gasteiger partial charge in [-0.1, -0.05) is 27.7 Å². The summed E-state index contributed by atoms with van der Waals surface area (Å²) in [6, 6.07) is 0. The van der Waals surface area contributed by atoms with Crippen molar-refractivity contribution in [2.45, 2.75) is 38.9 Å². The smallest absolute Gasteiger partial charge is 0.234 e. The van der Waals surface area contributed by atoms with Crippen molar-refractivity contribution in [3.8, 4) is 0 Å². The zero-order valence-corrected chi connectivity index (χ0v) is 14.6. The summed E-state index contributed by atoms with van der Waals surface area (Å²) in [5.41, 5.74) is 0. The SMILES string of the molecule is CCCNC(=O)CN1CCN(C(=O)CSC(C)(C)C)CC1. The molecule has 0 unspecified atom stereocenters. The molecule has 122 valence electrons. The standard InChI is InChI=1S/C15H29N3O2S/c1-5-6-16-13(19)11-17-7-9-18(10-8-17)14(20)12-21-15(2,3)4/h5-12H2,1-4H3,(H,16,19). The third kappa shape index (κ3) is 7.71. The van der Waals surface area contributed by atoms with Crippen LogP contribution in [0.25, 0.3) is 0 Å². The maximum atomic E-state index is 12.1. The van der Waals surface area contributed by atoms with Gasteiger partial charge in [0.25, 0.3) is 0 Å². The number of carbonyl (C=O) groups is 2. The number of nitrogens with one attached hydrogen (secondary N) is 1. The molecule has 0 aromatic carbocycles. The molecule has 1 saturated heterocycles. The van der Waals surface area contributed by atoms with Gasteiger partial charge in [-0.2, -0.15) is 0 Å². The van der Waals surface area contributed by atoms with Crippen molar-refractivity contribution < 1.29 is 9.59 Å². The molecule has 0 radical (unpaired) electrons. The highest BCUT2D eigenvalue weighted by molar-refractivity contribution is 8.01. The molecule has 0 aromatic heterocycles. The van der Waals surface area contributed by atoms with Gasteiger partial charge in [0.2, 0.25) is 11.8 Å². The van der Waals surface area contributed by atoms with Crippen molar-refractivity contribution in [1.29, 1.82) is 0 Å². The van der Waals surface area contributed by atoms with E-state index in [1.165, 1.54) is 0 Å². The van der Waals surface area contributed by atoms with Gasteiger partial charge < -0.3 is 10.2 Å². The van der Waals surface area contributed by atoms with Gasteiger partial charge in [0.1, 0.15) is 0 Å². The van der Waals surface area contributed by atoms with E-state index in [1.54, 1.807) is 11.8 Å². The van der Waals surface area contributed by atoms with E-state index in [0.29, 0.717) is 12.3 Å². The van der Waals surface area contributed by atoms with Gasteiger partial charge in [0, 0.05) is 37.5 Å². The predicted octanol–water partition coefficient (Wildman–Crippen LogP) is 1.19. The summed E-state index contributed by atoms with van der Waals surface area (Å²) >= 11 is 1.69. The second-order valence-electron chi connectivity index (χ2n) is 6.41. The Bertz CT molecular complexity index is 347. The predicted molar refractivity (Wildman–Crippen MR) is 88.5 cm³/mol. The first-order valence-corrected chi connectivity index (χ1v) is 8.71. The molecule has 0 spiro atoms. The number of piperazine rings is 1. The van der Waals surface area contributed by atoms with E-state index in [-0.39, 0.29) is 16.6 Å². The lowest BCUT2D eigenvalue weighted by molar-refractivity contribution is -0.130. The van der Waals surface area contributed by atoms with E-state index in [4.69, 9.17) is 0 Å². The molecule has 21 heavy (non-hydrogen) atoms. The van der Waals surface area contributed by atoms with Crippen LogP contribution < -0.4 is 5.32 Å². The third-order valence-electron chi connectivity index (χ3n) is 3.29. The number of amides is 2. The van der Waals surface area contributed by atoms with Gasteiger partial charge in [-0.25, -0.2) is 0 Å². The van der Waals surface area contributed by atoms with Crippen LogP contribution >= 0.6 is 11.8 Å². The van der Waals surface area contributed by atoms with Crippen LogP contribution in [-0.2, 0) is 9.59 Å². The summed E-state index contributed by atoms with van der Waals surface area (Å²) in [6.07, 6.45) is 0.958. The first-order chi connectivity index (χ1) is 9.81. The largest absolute Gasteiger partial charge is 0.355 e. The minimum atomic E-state index is 0.0833. The van der Waals surface area contributed by atoms with E-state index in [2.05, 4.69) is 31.0 Å². The minimum absolute atomic E-state index is 0.0833. The van der Waals surface area contributed by atoms with Crippen LogP contribution in [0.4, 0.5) is 0 Å². The topological polar surface area (TPSA) is 52.7 Å². The lowest BCUT2D eigenvalue weighted by Gasteiger charge is -2.34. The first kappa shape index (κ1) is 18.3. The van der Waals surface area contributed by atoms with Crippen LogP contribution in [0.3, 0.4) is 0 Å². The Balaban J connectivity index is 2.25. The van der Waals surface area contributed by atoms with Crippen LogP contribution in [-0.4, -0.2) is 71.4 Å². The highest BCUT2D eigenvalue weighted by atomic mass is 32.2. The normalized spacial score (nSPS) is 16.9. The van der Waals surface area contributed by atoms with E-state index < -0.39 is 0 Å². The van der Waals surface area contributed by atoms with Crippen molar-refractivity contribution in [1.82, 2.24) is 15.1 Å². The molecule has 1 heterocycles.